The van der Waals surface area contributed by atoms with Crippen molar-refractivity contribution in [2.24, 2.45) is 5.92 Å². The molecular weight excluding hydrogens is 342 g/mol. The van der Waals surface area contributed by atoms with Crippen molar-refractivity contribution < 1.29 is 19.4 Å². The highest BCUT2D eigenvalue weighted by Crippen LogP contribution is 2.40. The van der Waals surface area contributed by atoms with Gasteiger partial charge < -0.3 is 19.9 Å². The molecule has 2 aliphatic rings. The zero-order valence-electron chi connectivity index (χ0n) is 15.5. The molecule has 5 nitrogen and oxygen atoms in total. The Morgan fingerprint density at radius 3 is 2.89 bits per heavy atom. The quantitative estimate of drug-likeness (QED) is 0.822. The van der Waals surface area contributed by atoms with Crippen LogP contribution in [0.25, 0.3) is 0 Å². The SMILES string of the molecule is CCOc1ccccc1C(=O)N[C@H](c1ccc2c(c1)CCO2)C1CC(O)C1. The molecule has 1 saturated carbocycles. The van der Waals surface area contributed by atoms with Gasteiger partial charge in [-0.05, 0) is 61.1 Å². The van der Waals surface area contributed by atoms with E-state index in [1.807, 2.05) is 37.3 Å². The Balaban J connectivity index is 1.59. The van der Waals surface area contributed by atoms with E-state index in [-0.39, 0.29) is 24.0 Å². The van der Waals surface area contributed by atoms with Crippen LogP contribution in [-0.2, 0) is 6.42 Å². The van der Waals surface area contributed by atoms with Crippen molar-refractivity contribution in [2.45, 2.75) is 38.3 Å². The molecule has 1 amide bonds. The summed E-state index contributed by atoms with van der Waals surface area (Å²) in [5.41, 5.74) is 2.79. The Bertz CT molecular complexity index is 829. The first-order chi connectivity index (χ1) is 13.2. The maximum Gasteiger partial charge on any atom is 0.255 e. The number of rotatable bonds is 6. The van der Waals surface area contributed by atoms with Crippen molar-refractivity contribution in [1.82, 2.24) is 5.32 Å². The Hall–Kier alpha value is -2.53. The average Bonchev–Trinajstić information content (AvgIpc) is 3.12. The van der Waals surface area contributed by atoms with Gasteiger partial charge >= 0.3 is 0 Å². The monoisotopic (exact) mass is 367 g/mol. The third-order valence-corrected chi connectivity index (χ3v) is 5.41. The second-order valence-electron chi connectivity index (χ2n) is 7.23. The van der Waals surface area contributed by atoms with Crippen LogP contribution in [0, 0.1) is 5.92 Å². The lowest BCUT2D eigenvalue weighted by Gasteiger charge is -2.38. The maximum atomic E-state index is 13.0. The molecule has 1 atom stereocenters. The Morgan fingerprint density at radius 1 is 1.30 bits per heavy atom. The summed E-state index contributed by atoms with van der Waals surface area (Å²) < 4.78 is 11.2. The van der Waals surface area contributed by atoms with E-state index in [0.717, 1.165) is 17.7 Å². The fourth-order valence-corrected chi connectivity index (χ4v) is 3.93. The highest BCUT2D eigenvalue weighted by Gasteiger charge is 2.36. The van der Waals surface area contributed by atoms with Gasteiger partial charge in [-0.25, -0.2) is 0 Å². The number of carbonyl (C=O) groups excluding carboxylic acids is 1. The van der Waals surface area contributed by atoms with Gasteiger partial charge in [-0.1, -0.05) is 18.2 Å². The van der Waals surface area contributed by atoms with Gasteiger partial charge in [-0.2, -0.15) is 0 Å². The third-order valence-electron chi connectivity index (χ3n) is 5.41. The molecule has 0 spiro atoms. The number of aliphatic hydroxyl groups excluding tert-OH is 1. The number of amides is 1. The molecule has 0 saturated heterocycles. The fraction of sp³-hybridized carbons (Fsp3) is 0.409. The second kappa shape index (κ2) is 7.61. The van der Waals surface area contributed by atoms with Crippen LogP contribution in [0.4, 0.5) is 0 Å². The molecule has 4 rings (SSSR count). The van der Waals surface area contributed by atoms with Crippen LogP contribution in [0.5, 0.6) is 11.5 Å². The van der Waals surface area contributed by atoms with Gasteiger partial charge in [0, 0.05) is 6.42 Å². The lowest BCUT2D eigenvalue weighted by Crippen LogP contribution is -2.41. The van der Waals surface area contributed by atoms with Gasteiger partial charge in [0.15, 0.2) is 0 Å². The molecule has 0 unspecified atom stereocenters. The first-order valence-electron chi connectivity index (χ1n) is 9.62. The van der Waals surface area contributed by atoms with Crippen LogP contribution >= 0.6 is 0 Å². The highest BCUT2D eigenvalue weighted by atomic mass is 16.5. The van der Waals surface area contributed by atoms with Gasteiger partial charge in [-0.3, -0.25) is 4.79 Å². The summed E-state index contributed by atoms with van der Waals surface area (Å²) >= 11 is 0. The van der Waals surface area contributed by atoms with Crippen molar-refractivity contribution >= 4 is 5.91 Å². The zero-order valence-corrected chi connectivity index (χ0v) is 15.5. The van der Waals surface area contributed by atoms with E-state index in [2.05, 4.69) is 11.4 Å². The van der Waals surface area contributed by atoms with Gasteiger partial charge in [0.2, 0.25) is 0 Å². The molecule has 0 bridgehead atoms. The lowest BCUT2D eigenvalue weighted by molar-refractivity contribution is 0.0235. The molecule has 5 heteroatoms. The van der Waals surface area contributed by atoms with Gasteiger partial charge in [-0.15, -0.1) is 0 Å². The van der Waals surface area contributed by atoms with Crippen LogP contribution in [0.15, 0.2) is 42.5 Å². The number of fused-ring (bicyclic) bond motifs is 1. The van der Waals surface area contributed by atoms with E-state index in [0.29, 0.717) is 37.4 Å². The molecular formula is C22H25NO4. The Kier molecular flexibility index (Phi) is 5.03. The summed E-state index contributed by atoms with van der Waals surface area (Å²) in [7, 11) is 0. The van der Waals surface area contributed by atoms with Gasteiger partial charge in [0.25, 0.3) is 5.91 Å². The van der Waals surface area contributed by atoms with Gasteiger partial charge in [0.1, 0.15) is 11.5 Å². The number of carbonyl (C=O) groups is 1. The minimum Gasteiger partial charge on any atom is -0.493 e. The summed E-state index contributed by atoms with van der Waals surface area (Å²) in [6.07, 6.45) is 2.02. The smallest absolute Gasteiger partial charge is 0.255 e. The summed E-state index contributed by atoms with van der Waals surface area (Å²) in [6.45, 7) is 3.12. The normalized spacial score (nSPS) is 21.6. The first kappa shape index (κ1) is 17.9. The molecule has 2 N–H and O–H groups in total. The largest absolute Gasteiger partial charge is 0.493 e. The summed E-state index contributed by atoms with van der Waals surface area (Å²) in [6, 6.07) is 13.3. The van der Waals surface area contributed by atoms with Crippen LogP contribution in [0.1, 0.15) is 47.3 Å². The van der Waals surface area contributed by atoms with Crippen LogP contribution in [-0.4, -0.2) is 30.3 Å². The highest BCUT2D eigenvalue weighted by molar-refractivity contribution is 5.97. The topological polar surface area (TPSA) is 67.8 Å². The Morgan fingerprint density at radius 2 is 2.11 bits per heavy atom. The predicted octanol–water partition coefficient (Wildman–Crippen LogP) is 3.26. The molecule has 0 radical (unpaired) electrons. The Labute approximate surface area is 159 Å². The molecule has 1 fully saturated rings. The van der Waals surface area contributed by atoms with Crippen LogP contribution < -0.4 is 14.8 Å². The molecule has 27 heavy (non-hydrogen) atoms. The second-order valence-corrected chi connectivity index (χ2v) is 7.23. The van der Waals surface area contributed by atoms with Gasteiger partial charge in [0.05, 0.1) is 30.9 Å². The number of benzene rings is 2. The van der Waals surface area contributed by atoms with Crippen molar-refractivity contribution in [3.63, 3.8) is 0 Å². The number of hydrogen-bond acceptors (Lipinski definition) is 4. The van der Waals surface area contributed by atoms with Crippen LogP contribution in [0.2, 0.25) is 0 Å². The third kappa shape index (κ3) is 3.65. The standard InChI is InChI=1S/C22H25NO4/c1-2-26-20-6-4-3-5-18(20)22(25)23-21(16-12-17(24)13-16)15-7-8-19-14(11-15)9-10-27-19/h3-8,11,16-17,21,24H,2,9-10,12-13H2,1H3,(H,23,25)/t16?,17?,21-/m1/s1. The summed E-state index contributed by atoms with van der Waals surface area (Å²) in [5.74, 6) is 1.59. The van der Waals surface area contributed by atoms with Crippen molar-refractivity contribution in [1.29, 1.82) is 0 Å². The minimum absolute atomic E-state index is 0.138. The summed E-state index contributed by atoms with van der Waals surface area (Å²) in [5, 5.41) is 13.0. The molecule has 1 heterocycles. The number of aliphatic hydroxyl groups is 1. The van der Waals surface area contributed by atoms with E-state index < -0.39 is 0 Å². The van der Waals surface area contributed by atoms with Crippen molar-refractivity contribution in [2.75, 3.05) is 13.2 Å². The minimum atomic E-state index is -0.275. The van der Waals surface area contributed by atoms with E-state index in [1.54, 1.807) is 6.07 Å². The molecule has 1 aliphatic heterocycles. The van der Waals surface area contributed by atoms with E-state index >= 15 is 0 Å². The number of hydrogen-bond donors (Lipinski definition) is 2. The van der Waals surface area contributed by atoms with Crippen molar-refractivity contribution in [3.8, 4) is 11.5 Å². The molecule has 2 aromatic carbocycles. The van der Waals surface area contributed by atoms with E-state index in [9.17, 15) is 9.90 Å². The average molecular weight is 367 g/mol. The van der Waals surface area contributed by atoms with E-state index in [4.69, 9.17) is 9.47 Å². The maximum absolute atomic E-state index is 13.0. The summed E-state index contributed by atoms with van der Waals surface area (Å²) in [4.78, 5) is 13.0. The van der Waals surface area contributed by atoms with E-state index in [1.165, 1.54) is 5.56 Å². The molecule has 142 valence electrons. The van der Waals surface area contributed by atoms with Crippen molar-refractivity contribution in [3.05, 3.63) is 59.2 Å². The molecule has 1 aliphatic carbocycles. The van der Waals surface area contributed by atoms with Crippen LogP contribution in [0.3, 0.4) is 0 Å². The molecule has 2 aromatic rings. The first-order valence-corrected chi connectivity index (χ1v) is 9.62. The number of ether oxygens (including phenoxy) is 2. The zero-order chi connectivity index (χ0) is 18.8. The predicted molar refractivity (Wildman–Crippen MR) is 102 cm³/mol. The fourth-order valence-electron chi connectivity index (χ4n) is 3.93. The number of nitrogens with one attached hydrogen (secondary N) is 1. The molecule has 0 aromatic heterocycles. The lowest BCUT2D eigenvalue weighted by atomic mass is 9.74. The number of para-hydroxylation sites is 1.